The second-order valence-electron chi connectivity index (χ2n) is 5.10. The fourth-order valence-electron chi connectivity index (χ4n) is 2.75. The minimum Gasteiger partial charge on any atom is -0.466 e. The molecule has 8 heteroatoms. The molecule has 0 aromatic rings. The van der Waals surface area contributed by atoms with Crippen molar-refractivity contribution in [3.8, 4) is 0 Å². The molecule has 0 spiro atoms. The molecule has 1 aliphatic carbocycles. The van der Waals surface area contributed by atoms with E-state index in [0.717, 1.165) is 21.6 Å². The van der Waals surface area contributed by atoms with Crippen LogP contribution < -0.4 is 10.6 Å². The van der Waals surface area contributed by atoms with Crippen molar-refractivity contribution >= 4 is 39.2 Å². The number of methoxy groups -OCH3 is 1. The summed E-state index contributed by atoms with van der Waals surface area (Å²) >= 11 is 8.82. The number of thiocarbonyl (C=S) groups is 1. The van der Waals surface area contributed by atoms with Gasteiger partial charge in [-0.1, -0.05) is 15.9 Å². The molecule has 3 rings (SSSR count). The maximum Gasteiger partial charge on any atom is 0.337 e. The Kier molecular flexibility index (Phi) is 4.14. The van der Waals surface area contributed by atoms with Gasteiger partial charge in [0.2, 0.25) is 6.79 Å². The van der Waals surface area contributed by atoms with Gasteiger partial charge in [-0.25, -0.2) is 4.79 Å². The highest BCUT2D eigenvalue weighted by Gasteiger charge is 2.37. The van der Waals surface area contributed by atoms with Gasteiger partial charge in [0.15, 0.2) is 5.11 Å². The molecular weight excluding hydrogens is 372 g/mol. The van der Waals surface area contributed by atoms with Gasteiger partial charge in [-0.15, -0.1) is 0 Å². The van der Waals surface area contributed by atoms with Crippen LogP contribution >= 0.6 is 28.1 Å². The van der Waals surface area contributed by atoms with E-state index >= 15 is 0 Å². The summed E-state index contributed by atoms with van der Waals surface area (Å²) < 4.78 is 16.8. The molecule has 0 aromatic heterocycles. The predicted molar refractivity (Wildman–Crippen MR) is 86.6 cm³/mol. The van der Waals surface area contributed by atoms with Gasteiger partial charge in [0, 0.05) is 23.0 Å². The fourth-order valence-corrected chi connectivity index (χ4v) is 3.64. The number of rotatable bonds is 2. The summed E-state index contributed by atoms with van der Waals surface area (Å²) in [5, 5.41) is 6.59. The van der Waals surface area contributed by atoms with Crippen molar-refractivity contribution in [2.45, 2.75) is 25.8 Å². The van der Waals surface area contributed by atoms with E-state index in [-0.39, 0.29) is 18.8 Å². The van der Waals surface area contributed by atoms with E-state index in [4.69, 9.17) is 26.4 Å². The van der Waals surface area contributed by atoms with Crippen molar-refractivity contribution in [1.29, 1.82) is 0 Å². The Labute approximate surface area is 141 Å². The highest BCUT2D eigenvalue weighted by atomic mass is 79.9. The van der Waals surface area contributed by atoms with Gasteiger partial charge in [-0.3, -0.25) is 0 Å². The van der Waals surface area contributed by atoms with Crippen molar-refractivity contribution in [2.24, 2.45) is 0 Å². The quantitative estimate of drug-likeness (QED) is 0.555. The molecule has 2 heterocycles. The Morgan fingerprint density at radius 2 is 2.05 bits per heavy atom. The molecule has 1 unspecified atom stereocenters. The van der Waals surface area contributed by atoms with Gasteiger partial charge in [0.1, 0.15) is 11.5 Å². The zero-order valence-corrected chi connectivity index (χ0v) is 14.5. The molecule has 0 bridgehead atoms. The monoisotopic (exact) mass is 386 g/mol. The smallest absolute Gasteiger partial charge is 0.337 e. The number of ether oxygens (including phenoxy) is 3. The first-order chi connectivity index (χ1) is 10.5. The number of esters is 1. The van der Waals surface area contributed by atoms with Gasteiger partial charge in [0.05, 0.1) is 18.7 Å². The molecule has 2 aliphatic heterocycles. The molecule has 2 N–H and O–H groups in total. The number of hydrogen-bond acceptors (Lipinski definition) is 5. The molecule has 0 saturated heterocycles. The van der Waals surface area contributed by atoms with Crippen LogP contribution in [-0.4, -0.2) is 31.0 Å². The predicted octanol–water partition coefficient (Wildman–Crippen LogP) is 1.94. The third kappa shape index (κ3) is 2.61. The average Bonchev–Trinajstić information content (AvgIpc) is 2.91. The van der Waals surface area contributed by atoms with Crippen LogP contribution in [0.3, 0.4) is 0 Å². The Morgan fingerprint density at radius 1 is 1.36 bits per heavy atom. The molecule has 1 atom stereocenters. The van der Waals surface area contributed by atoms with E-state index in [1.165, 1.54) is 7.11 Å². The SMILES string of the molecule is COC(=O)C1=C(C)NC(=S)NC1C1=C(Br)CC2=C(C1)OCO2. The van der Waals surface area contributed by atoms with Crippen LogP contribution in [0.4, 0.5) is 0 Å². The normalized spacial score (nSPS) is 24.3. The second-order valence-corrected chi connectivity index (χ2v) is 6.46. The van der Waals surface area contributed by atoms with Crippen LogP contribution in [0, 0.1) is 0 Å². The minimum absolute atomic E-state index is 0.245. The summed E-state index contributed by atoms with van der Waals surface area (Å²) in [5.74, 6) is 1.26. The molecule has 118 valence electrons. The molecule has 0 saturated carbocycles. The second kappa shape index (κ2) is 5.92. The lowest BCUT2D eigenvalue weighted by atomic mass is 9.89. The maximum absolute atomic E-state index is 12.2. The number of halogens is 1. The van der Waals surface area contributed by atoms with Gasteiger partial charge >= 0.3 is 5.97 Å². The van der Waals surface area contributed by atoms with Crippen molar-refractivity contribution in [2.75, 3.05) is 13.9 Å². The van der Waals surface area contributed by atoms with E-state index in [0.29, 0.717) is 29.2 Å². The van der Waals surface area contributed by atoms with Crippen molar-refractivity contribution in [1.82, 2.24) is 10.6 Å². The molecule has 0 radical (unpaired) electrons. The van der Waals surface area contributed by atoms with Gasteiger partial charge in [-0.2, -0.15) is 0 Å². The molecule has 22 heavy (non-hydrogen) atoms. The molecule has 3 aliphatic rings. The molecule has 0 aromatic carbocycles. The average molecular weight is 387 g/mol. The number of carbonyl (C=O) groups is 1. The van der Waals surface area contributed by atoms with Crippen molar-refractivity contribution in [3.63, 3.8) is 0 Å². The van der Waals surface area contributed by atoms with Crippen LogP contribution in [0.15, 0.2) is 32.8 Å². The highest BCUT2D eigenvalue weighted by Crippen LogP contribution is 2.40. The van der Waals surface area contributed by atoms with Crippen LogP contribution in [0.1, 0.15) is 19.8 Å². The first kappa shape index (κ1) is 15.4. The van der Waals surface area contributed by atoms with Crippen LogP contribution in [0.2, 0.25) is 0 Å². The molecule has 6 nitrogen and oxygen atoms in total. The van der Waals surface area contributed by atoms with E-state index in [9.17, 15) is 4.79 Å². The lowest BCUT2D eigenvalue weighted by Crippen LogP contribution is -2.51. The largest absolute Gasteiger partial charge is 0.466 e. The minimum atomic E-state index is -0.388. The van der Waals surface area contributed by atoms with E-state index in [2.05, 4.69) is 26.6 Å². The van der Waals surface area contributed by atoms with Gasteiger partial charge < -0.3 is 24.8 Å². The van der Waals surface area contributed by atoms with Gasteiger partial charge in [0.25, 0.3) is 0 Å². The zero-order valence-electron chi connectivity index (χ0n) is 12.1. The first-order valence-corrected chi connectivity index (χ1v) is 7.93. The lowest BCUT2D eigenvalue weighted by Gasteiger charge is -2.32. The van der Waals surface area contributed by atoms with Crippen molar-refractivity contribution < 1.29 is 19.0 Å². The molecule has 0 fully saturated rings. The Balaban J connectivity index is 1.98. The number of carbonyl (C=O) groups excluding carboxylic acids is 1. The first-order valence-electron chi connectivity index (χ1n) is 6.73. The Hall–Kier alpha value is -1.54. The number of allylic oxidation sites excluding steroid dienone is 3. The molecule has 0 amide bonds. The Morgan fingerprint density at radius 3 is 2.73 bits per heavy atom. The fraction of sp³-hybridized carbons (Fsp3) is 0.429. The summed E-state index contributed by atoms with van der Waals surface area (Å²) in [5.41, 5.74) is 2.20. The van der Waals surface area contributed by atoms with E-state index in [1.807, 2.05) is 6.92 Å². The van der Waals surface area contributed by atoms with Crippen LogP contribution in [0.25, 0.3) is 0 Å². The zero-order chi connectivity index (χ0) is 15.9. The molecular formula is C14H15BrN2O4S. The van der Waals surface area contributed by atoms with Crippen LogP contribution in [0.5, 0.6) is 0 Å². The van der Waals surface area contributed by atoms with Gasteiger partial charge in [-0.05, 0) is 24.7 Å². The summed E-state index contributed by atoms with van der Waals surface area (Å²) in [4.78, 5) is 12.2. The third-order valence-corrected chi connectivity index (χ3v) is 4.82. The Bertz CT molecular complexity index is 653. The number of nitrogens with one attached hydrogen (secondary N) is 2. The highest BCUT2D eigenvalue weighted by molar-refractivity contribution is 9.11. The number of hydrogen-bond donors (Lipinski definition) is 2. The summed E-state index contributed by atoms with van der Waals surface area (Å²) in [7, 11) is 1.37. The summed E-state index contributed by atoms with van der Waals surface area (Å²) in [6, 6.07) is -0.353. The standard InChI is InChI=1S/C14H15BrN2O4S/c1-6-11(13(18)19-2)12(17-14(22)16-6)7-3-9-10(4-8(7)15)21-5-20-9/h12H,3-5H2,1-2H3,(H2,16,17,22). The topological polar surface area (TPSA) is 68.8 Å². The van der Waals surface area contributed by atoms with Crippen LogP contribution in [-0.2, 0) is 19.0 Å². The summed E-state index contributed by atoms with van der Waals surface area (Å²) in [6.07, 6.45) is 1.17. The van der Waals surface area contributed by atoms with Crippen molar-refractivity contribution in [3.05, 3.63) is 32.8 Å². The van der Waals surface area contributed by atoms with E-state index in [1.54, 1.807) is 0 Å². The lowest BCUT2D eigenvalue weighted by molar-refractivity contribution is -0.136. The maximum atomic E-state index is 12.2. The van der Waals surface area contributed by atoms with E-state index < -0.39 is 0 Å². The summed E-state index contributed by atoms with van der Waals surface area (Å²) in [6.45, 7) is 2.05. The third-order valence-electron chi connectivity index (χ3n) is 3.82.